The van der Waals surface area contributed by atoms with E-state index < -0.39 is 5.60 Å². The molecule has 0 spiro atoms. The van der Waals surface area contributed by atoms with E-state index in [0.29, 0.717) is 30.8 Å². The fourth-order valence-electron chi connectivity index (χ4n) is 2.43. The summed E-state index contributed by atoms with van der Waals surface area (Å²) < 4.78 is 6.69. The molecule has 0 fully saturated rings. The maximum absolute atomic E-state index is 12.4. The standard InChI is InChI=1S/C16H24N4O3/c1-16(2,3)23-15(22)20-8-6-11(7-9-20)13-12(17-4)10-18-19(5)14(13)21/h6,10,17H,7-9H2,1-5H3. The molecule has 0 bridgehead atoms. The number of aromatic nitrogens is 2. The van der Waals surface area contributed by atoms with Gasteiger partial charge in [0.1, 0.15) is 5.60 Å². The Morgan fingerprint density at radius 2 is 2.09 bits per heavy atom. The van der Waals surface area contributed by atoms with Gasteiger partial charge >= 0.3 is 6.09 Å². The van der Waals surface area contributed by atoms with E-state index in [1.54, 1.807) is 25.2 Å². The number of nitrogens with zero attached hydrogens (tertiary/aromatic N) is 3. The topological polar surface area (TPSA) is 76.5 Å². The smallest absolute Gasteiger partial charge is 0.410 e. The summed E-state index contributed by atoms with van der Waals surface area (Å²) in [7, 11) is 3.39. The molecule has 0 atom stereocenters. The average molecular weight is 320 g/mol. The van der Waals surface area contributed by atoms with E-state index in [1.165, 1.54) is 4.68 Å². The van der Waals surface area contributed by atoms with E-state index in [1.807, 2.05) is 26.8 Å². The van der Waals surface area contributed by atoms with Crippen molar-refractivity contribution in [3.8, 4) is 0 Å². The predicted octanol–water partition coefficient (Wildman–Crippen LogP) is 1.85. The molecular formula is C16H24N4O3. The van der Waals surface area contributed by atoms with E-state index >= 15 is 0 Å². The Labute approximate surface area is 135 Å². The minimum atomic E-state index is -0.512. The molecule has 7 heteroatoms. The van der Waals surface area contributed by atoms with Gasteiger partial charge in [-0.05, 0) is 32.8 Å². The van der Waals surface area contributed by atoms with E-state index in [2.05, 4.69) is 10.4 Å². The Balaban J connectivity index is 2.22. The lowest BCUT2D eigenvalue weighted by Crippen LogP contribution is -2.39. The molecule has 23 heavy (non-hydrogen) atoms. The largest absolute Gasteiger partial charge is 0.444 e. The number of carbonyl (C=O) groups excluding carboxylic acids is 1. The van der Waals surface area contributed by atoms with Crippen molar-refractivity contribution >= 4 is 17.4 Å². The second-order valence-corrected chi connectivity index (χ2v) is 6.52. The summed E-state index contributed by atoms with van der Waals surface area (Å²) in [5.41, 5.74) is 1.59. The van der Waals surface area contributed by atoms with Crippen LogP contribution in [0, 0.1) is 0 Å². The maximum atomic E-state index is 12.4. The molecule has 0 radical (unpaired) electrons. The van der Waals surface area contributed by atoms with Gasteiger partial charge in [-0.2, -0.15) is 5.10 Å². The van der Waals surface area contributed by atoms with Crippen molar-refractivity contribution in [2.45, 2.75) is 32.8 Å². The van der Waals surface area contributed by atoms with Crippen LogP contribution in [0.2, 0.25) is 0 Å². The van der Waals surface area contributed by atoms with Gasteiger partial charge in [0.15, 0.2) is 0 Å². The highest BCUT2D eigenvalue weighted by Crippen LogP contribution is 2.25. The van der Waals surface area contributed by atoms with Crippen molar-refractivity contribution in [3.63, 3.8) is 0 Å². The number of hydrogen-bond donors (Lipinski definition) is 1. The number of aryl methyl sites for hydroxylation is 1. The maximum Gasteiger partial charge on any atom is 0.410 e. The molecule has 126 valence electrons. The second-order valence-electron chi connectivity index (χ2n) is 6.52. The zero-order valence-corrected chi connectivity index (χ0v) is 14.3. The third-order valence-corrected chi connectivity index (χ3v) is 3.59. The molecule has 2 heterocycles. The molecule has 0 saturated heterocycles. The highest BCUT2D eigenvalue weighted by Gasteiger charge is 2.25. The molecule has 7 nitrogen and oxygen atoms in total. The Bertz CT molecular complexity index is 686. The van der Waals surface area contributed by atoms with E-state index in [9.17, 15) is 9.59 Å². The van der Waals surface area contributed by atoms with Crippen LogP contribution in [0.3, 0.4) is 0 Å². The molecule has 0 saturated carbocycles. The number of nitrogens with one attached hydrogen (secondary N) is 1. The van der Waals surface area contributed by atoms with Gasteiger partial charge in [0, 0.05) is 27.2 Å². The van der Waals surface area contributed by atoms with Crippen molar-refractivity contribution < 1.29 is 9.53 Å². The van der Waals surface area contributed by atoms with Gasteiger partial charge in [0.2, 0.25) is 0 Å². The Hall–Kier alpha value is -2.31. The highest BCUT2D eigenvalue weighted by molar-refractivity contribution is 5.77. The van der Waals surface area contributed by atoms with Crippen LogP contribution in [-0.2, 0) is 11.8 Å². The van der Waals surface area contributed by atoms with Crippen molar-refractivity contribution in [2.75, 3.05) is 25.5 Å². The fraction of sp³-hybridized carbons (Fsp3) is 0.562. The van der Waals surface area contributed by atoms with Gasteiger partial charge in [-0.15, -0.1) is 0 Å². The van der Waals surface area contributed by atoms with Crippen molar-refractivity contribution in [1.29, 1.82) is 0 Å². The lowest BCUT2D eigenvalue weighted by molar-refractivity contribution is 0.0270. The number of rotatable bonds is 2. The minimum absolute atomic E-state index is 0.145. The lowest BCUT2D eigenvalue weighted by Gasteiger charge is -2.29. The van der Waals surface area contributed by atoms with Crippen LogP contribution in [0.5, 0.6) is 0 Å². The van der Waals surface area contributed by atoms with E-state index in [-0.39, 0.29) is 11.7 Å². The normalized spacial score (nSPS) is 15.2. The number of hydrogen-bond acceptors (Lipinski definition) is 5. The summed E-state index contributed by atoms with van der Waals surface area (Å²) in [5.74, 6) is 0. The van der Waals surface area contributed by atoms with Gasteiger partial charge in [-0.3, -0.25) is 4.79 Å². The van der Waals surface area contributed by atoms with E-state index in [0.717, 1.165) is 5.57 Å². The van der Waals surface area contributed by atoms with Crippen LogP contribution in [0.15, 0.2) is 17.1 Å². The summed E-state index contributed by atoms with van der Waals surface area (Å²) in [6, 6.07) is 0. The summed E-state index contributed by atoms with van der Waals surface area (Å²) >= 11 is 0. The van der Waals surface area contributed by atoms with Gasteiger partial charge in [-0.1, -0.05) is 6.08 Å². The average Bonchev–Trinajstić information content (AvgIpc) is 2.48. The molecule has 1 N–H and O–H groups in total. The Morgan fingerprint density at radius 1 is 1.39 bits per heavy atom. The molecular weight excluding hydrogens is 296 g/mol. The first-order chi connectivity index (χ1) is 10.7. The third kappa shape index (κ3) is 3.91. The third-order valence-electron chi connectivity index (χ3n) is 3.59. The molecule has 1 aromatic heterocycles. The lowest BCUT2D eigenvalue weighted by atomic mass is 10.00. The zero-order chi connectivity index (χ0) is 17.2. The zero-order valence-electron chi connectivity index (χ0n) is 14.3. The molecule has 2 rings (SSSR count). The van der Waals surface area contributed by atoms with Crippen LogP contribution in [0.1, 0.15) is 32.8 Å². The van der Waals surface area contributed by atoms with E-state index in [4.69, 9.17) is 4.74 Å². The van der Waals surface area contributed by atoms with Gasteiger partial charge in [0.05, 0.1) is 17.4 Å². The van der Waals surface area contributed by atoms with Crippen LogP contribution in [0.25, 0.3) is 5.57 Å². The number of amides is 1. The fourth-order valence-corrected chi connectivity index (χ4v) is 2.43. The summed E-state index contributed by atoms with van der Waals surface area (Å²) in [6.45, 7) is 6.48. The van der Waals surface area contributed by atoms with Crippen LogP contribution >= 0.6 is 0 Å². The SMILES string of the molecule is CNc1cnn(C)c(=O)c1C1=CCN(C(=O)OC(C)(C)C)CC1. The highest BCUT2D eigenvalue weighted by atomic mass is 16.6. The molecule has 0 aliphatic carbocycles. The van der Waals surface area contributed by atoms with Crippen LogP contribution in [0.4, 0.5) is 10.5 Å². The minimum Gasteiger partial charge on any atom is -0.444 e. The van der Waals surface area contributed by atoms with Gasteiger partial charge in [0.25, 0.3) is 5.56 Å². The molecule has 1 aliphatic heterocycles. The summed E-state index contributed by atoms with van der Waals surface area (Å²) in [4.78, 5) is 26.1. The molecule has 1 aromatic rings. The second kappa shape index (κ2) is 6.44. The van der Waals surface area contributed by atoms with Gasteiger partial charge < -0.3 is 15.0 Å². The molecule has 0 aromatic carbocycles. The number of ether oxygens (including phenoxy) is 1. The summed E-state index contributed by atoms with van der Waals surface area (Å²) in [6.07, 6.45) is 3.82. The van der Waals surface area contributed by atoms with Crippen molar-refractivity contribution in [2.24, 2.45) is 7.05 Å². The van der Waals surface area contributed by atoms with Crippen molar-refractivity contribution in [3.05, 3.63) is 28.2 Å². The first-order valence-electron chi connectivity index (χ1n) is 7.64. The monoisotopic (exact) mass is 320 g/mol. The number of carbonyl (C=O) groups is 1. The number of anilines is 1. The first-order valence-corrected chi connectivity index (χ1v) is 7.64. The van der Waals surface area contributed by atoms with Crippen LogP contribution < -0.4 is 10.9 Å². The molecule has 1 aliphatic rings. The quantitative estimate of drug-likeness (QED) is 0.900. The van der Waals surface area contributed by atoms with Crippen LogP contribution in [-0.4, -0.2) is 46.5 Å². The molecule has 0 unspecified atom stereocenters. The van der Waals surface area contributed by atoms with Gasteiger partial charge in [-0.25, -0.2) is 9.48 Å². The Kier molecular flexibility index (Phi) is 4.77. The first kappa shape index (κ1) is 17.1. The van der Waals surface area contributed by atoms with Crippen molar-refractivity contribution in [1.82, 2.24) is 14.7 Å². The predicted molar refractivity (Wildman–Crippen MR) is 89.4 cm³/mol. The Morgan fingerprint density at radius 3 is 2.61 bits per heavy atom. The molecule has 1 amide bonds. The summed E-state index contributed by atoms with van der Waals surface area (Å²) in [5, 5.41) is 7.02.